The number of nitrogens with zero attached hydrogens (tertiary/aromatic N) is 2. The predicted octanol–water partition coefficient (Wildman–Crippen LogP) is 2.67. The number of anilines is 1. The molecule has 1 aliphatic heterocycles. The van der Waals surface area contributed by atoms with Gasteiger partial charge in [0.2, 0.25) is 0 Å². The quantitative estimate of drug-likeness (QED) is 0.904. The van der Waals surface area contributed by atoms with Crippen molar-refractivity contribution in [3.8, 4) is 0 Å². The van der Waals surface area contributed by atoms with E-state index in [1.165, 1.54) is 25.3 Å². The second-order valence-corrected chi connectivity index (χ2v) is 5.70. The van der Waals surface area contributed by atoms with Crippen molar-refractivity contribution >= 4 is 11.7 Å². The van der Waals surface area contributed by atoms with E-state index in [1.807, 2.05) is 4.90 Å². The van der Waals surface area contributed by atoms with Gasteiger partial charge in [0.05, 0.1) is 11.8 Å². The fourth-order valence-corrected chi connectivity index (χ4v) is 3.66. The minimum absolute atomic E-state index is 0.0852. The number of fused-ring (bicyclic) bond motifs is 1. The Morgan fingerprint density at radius 2 is 2.20 bits per heavy atom. The Morgan fingerprint density at radius 3 is 3.00 bits per heavy atom. The lowest BCUT2D eigenvalue weighted by Gasteiger charge is -2.38. The van der Waals surface area contributed by atoms with Crippen LogP contribution in [0.2, 0.25) is 0 Å². The maximum Gasteiger partial charge on any atom is 0.257 e. The van der Waals surface area contributed by atoms with Crippen LogP contribution in [0.3, 0.4) is 0 Å². The lowest BCUT2D eigenvalue weighted by atomic mass is 9.91. The maximum absolute atomic E-state index is 13.4. The molecule has 1 saturated carbocycles. The molecule has 2 heterocycles. The van der Waals surface area contributed by atoms with Crippen LogP contribution < -0.4 is 5.32 Å². The summed E-state index contributed by atoms with van der Waals surface area (Å²) in [4.78, 5) is 18.7. The van der Waals surface area contributed by atoms with Crippen LogP contribution in [0.5, 0.6) is 0 Å². The highest BCUT2D eigenvalue weighted by Crippen LogP contribution is 2.37. The number of pyridine rings is 1. The summed E-state index contributed by atoms with van der Waals surface area (Å²) in [6.45, 7) is 0.777. The van der Waals surface area contributed by atoms with Crippen LogP contribution in [-0.2, 0) is 0 Å². The third-order valence-electron chi connectivity index (χ3n) is 4.58. The highest BCUT2D eigenvalue weighted by atomic mass is 19.1. The van der Waals surface area contributed by atoms with Gasteiger partial charge in [-0.2, -0.15) is 0 Å². The van der Waals surface area contributed by atoms with Gasteiger partial charge in [0.1, 0.15) is 11.6 Å². The number of hydrogen-bond acceptors (Lipinski definition) is 3. The minimum Gasteiger partial charge on any atom is -0.372 e. The molecule has 108 valence electrons. The van der Waals surface area contributed by atoms with Gasteiger partial charge in [-0.25, -0.2) is 9.37 Å². The van der Waals surface area contributed by atoms with Crippen LogP contribution in [0, 0.1) is 11.7 Å². The molecule has 2 atom stereocenters. The third-order valence-corrected chi connectivity index (χ3v) is 4.58. The van der Waals surface area contributed by atoms with Crippen LogP contribution in [0.4, 0.5) is 10.2 Å². The normalized spacial score (nSPS) is 25.4. The molecular weight excluding hydrogens is 257 g/mol. The lowest BCUT2D eigenvalue weighted by Crippen LogP contribution is -2.46. The maximum atomic E-state index is 13.4. The minimum atomic E-state index is -0.465. The summed E-state index contributed by atoms with van der Waals surface area (Å²) in [6, 6.07) is 1.63. The summed E-state index contributed by atoms with van der Waals surface area (Å²) in [6.07, 6.45) is 6.89. The number of amides is 1. The van der Waals surface area contributed by atoms with E-state index in [9.17, 15) is 9.18 Å². The van der Waals surface area contributed by atoms with Crippen LogP contribution >= 0.6 is 0 Å². The number of nitrogens with one attached hydrogen (secondary N) is 1. The van der Waals surface area contributed by atoms with Gasteiger partial charge in [-0.05, 0) is 37.7 Å². The Bertz CT molecular complexity index is 520. The van der Waals surface area contributed by atoms with Gasteiger partial charge in [0.15, 0.2) is 0 Å². The fourth-order valence-electron chi connectivity index (χ4n) is 3.66. The number of likely N-dealkylation sites (tertiary alicyclic amines) is 1. The van der Waals surface area contributed by atoms with Crippen molar-refractivity contribution in [1.82, 2.24) is 9.88 Å². The van der Waals surface area contributed by atoms with Gasteiger partial charge in [-0.1, -0.05) is 6.42 Å². The Hall–Kier alpha value is -1.65. The summed E-state index contributed by atoms with van der Waals surface area (Å²) in [7, 11) is 1.70. The summed E-state index contributed by atoms with van der Waals surface area (Å²) in [5, 5.41) is 2.88. The van der Waals surface area contributed by atoms with E-state index in [2.05, 4.69) is 10.3 Å². The zero-order chi connectivity index (χ0) is 14.1. The van der Waals surface area contributed by atoms with Crippen LogP contribution in [0.25, 0.3) is 0 Å². The highest BCUT2D eigenvalue weighted by molar-refractivity contribution is 5.99. The summed E-state index contributed by atoms with van der Waals surface area (Å²) in [5.74, 6) is 0.536. The molecule has 0 aromatic carbocycles. The van der Waals surface area contributed by atoms with E-state index >= 15 is 0 Å². The third kappa shape index (κ3) is 2.25. The van der Waals surface area contributed by atoms with Gasteiger partial charge < -0.3 is 10.2 Å². The van der Waals surface area contributed by atoms with Crippen molar-refractivity contribution in [3.05, 3.63) is 23.6 Å². The standard InChI is InChI=1S/C15H20FN3O/c1-17-14-12(8-11(16)9-18-14)15(20)19-7-3-5-10-4-2-6-13(10)19/h8-10,13H,2-7H2,1H3,(H,17,18). The first-order valence-corrected chi connectivity index (χ1v) is 7.35. The molecule has 4 nitrogen and oxygen atoms in total. The fraction of sp³-hybridized carbons (Fsp3) is 0.600. The number of piperidine rings is 1. The summed E-state index contributed by atoms with van der Waals surface area (Å²) in [5.41, 5.74) is 0.347. The number of carbonyl (C=O) groups is 1. The Kier molecular flexibility index (Phi) is 3.59. The van der Waals surface area contributed by atoms with Gasteiger partial charge in [-0.3, -0.25) is 4.79 Å². The van der Waals surface area contributed by atoms with Crippen LogP contribution in [0.1, 0.15) is 42.5 Å². The van der Waals surface area contributed by atoms with Gasteiger partial charge in [-0.15, -0.1) is 0 Å². The average Bonchev–Trinajstić information content (AvgIpc) is 2.94. The highest BCUT2D eigenvalue weighted by Gasteiger charge is 2.38. The van der Waals surface area contributed by atoms with Crippen molar-refractivity contribution in [2.75, 3.05) is 18.9 Å². The first-order valence-electron chi connectivity index (χ1n) is 7.35. The van der Waals surface area contributed by atoms with Crippen molar-refractivity contribution < 1.29 is 9.18 Å². The Morgan fingerprint density at radius 1 is 1.40 bits per heavy atom. The molecule has 2 fully saturated rings. The van der Waals surface area contributed by atoms with Gasteiger partial charge in [0.25, 0.3) is 5.91 Å². The zero-order valence-electron chi connectivity index (χ0n) is 11.7. The molecular formula is C15H20FN3O. The van der Waals surface area contributed by atoms with Crippen molar-refractivity contribution in [2.24, 2.45) is 5.92 Å². The zero-order valence-corrected chi connectivity index (χ0v) is 11.7. The van der Waals surface area contributed by atoms with Crippen LogP contribution in [0.15, 0.2) is 12.3 Å². The topological polar surface area (TPSA) is 45.2 Å². The van der Waals surface area contributed by atoms with Crippen LogP contribution in [-0.4, -0.2) is 35.4 Å². The molecule has 1 aromatic heterocycles. The molecule has 1 aromatic rings. The largest absolute Gasteiger partial charge is 0.372 e. The Balaban J connectivity index is 1.90. The smallest absolute Gasteiger partial charge is 0.257 e. The molecule has 2 aliphatic rings. The van der Waals surface area contributed by atoms with Gasteiger partial charge >= 0.3 is 0 Å². The first kappa shape index (κ1) is 13.3. The molecule has 3 rings (SSSR count). The van der Waals surface area contributed by atoms with Crippen molar-refractivity contribution in [3.63, 3.8) is 0 Å². The molecule has 5 heteroatoms. The predicted molar refractivity (Wildman–Crippen MR) is 75.1 cm³/mol. The van der Waals surface area contributed by atoms with E-state index in [0.717, 1.165) is 25.6 Å². The van der Waals surface area contributed by atoms with E-state index in [1.54, 1.807) is 7.05 Å². The molecule has 1 saturated heterocycles. The molecule has 1 amide bonds. The second kappa shape index (κ2) is 5.38. The van der Waals surface area contributed by atoms with Crippen molar-refractivity contribution in [2.45, 2.75) is 38.1 Å². The second-order valence-electron chi connectivity index (χ2n) is 5.70. The number of halogens is 1. The molecule has 0 bridgehead atoms. The van der Waals surface area contributed by atoms with E-state index in [0.29, 0.717) is 23.3 Å². The average molecular weight is 277 g/mol. The monoisotopic (exact) mass is 277 g/mol. The molecule has 1 aliphatic carbocycles. The summed E-state index contributed by atoms with van der Waals surface area (Å²) >= 11 is 0. The molecule has 20 heavy (non-hydrogen) atoms. The molecule has 0 radical (unpaired) electrons. The van der Waals surface area contributed by atoms with E-state index in [-0.39, 0.29) is 5.91 Å². The van der Waals surface area contributed by atoms with Gasteiger partial charge in [0, 0.05) is 19.6 Å². The number of aromatic nitrogens is 1. The summed E-state index contributed by atoms with van der Waals surface area (Å²) < 4.78 is 13.4. The number of carbonyl (C=O) groups excluding carboxylic acids is 1. The van der Waals surface area contributed by atoms with E-state index in [4.69, 9.17) is 0 Å². The molecule has 2 unspecified atom stereocenters. The number of rotatable bonds is 2. The SMILES string of the molecule is CNc1ncc(F)cc1C(=O)N1CCCC2CCCC21. The molecule has 1 N–H and O–H groups in total. The number of hydrogen-bond donors (Lipinski definition) is 1. The first-order chi connectivity index (χ1) is 9.70. The van der Waals surface area contributed by atoms with Crippen molar-refractivity contribution in [1.29, 1.82) is 0 Å². The Labute approximate surface area is 118 Å². The van der Waals surface area contributed by atoms with E-state index < -0.39 is 5.82 Å². The molecule has 0 spiro atoms. The lowest BCUT2D eigenvalue weighted by molar-refractivity contribution is 0.0548.